The maximum atomic E-state index is 12.4. The molecule has 0 radical (unpaired) electrons. The summed E-state index contributed by atoms with van der Waals surface area (Å²) in [5, 5.41) is 14.2. The monoisotopic (exact) mass is 458 g/mol. The van der Waals surface area contributed by atoms with Gasteiger partial charge < -0.3 is 15.2 Å². The molecule has 0 spiro atoms. The standard InChI is InChI=1S/C27H26N2O5/c1-17(14-26(31)32)28-25(30)15-18-10-12-19(13-11-18)29-27(33)34-16-24-22-8-4-2-6-20(22)21-7-3-5-9-23(21)24/h2-13,17,24H,14-16H2,1H3,(H,28,30)(H,29,33)(H,31,32)/t17-/m0/s1. The Balaban J connectivity index is 1.30. The first-order valence-electron chi connectivity index (χ1n) is 11.1. The minimum absolute atomic E-state index is 0.0115. The van der Waals surface area contributed by atoms with Crippen LogP contribution in [0.1, 0.15) is 36.0 Å². The molecule has 0 fully saturated rings. The maximum Gasteiger partial charge on any atom is 0.411 e. The highest BCUT2D eigenvalue weighted by molar-refractivity contribution is 5.85. The molecule has 0 heterocycles. The smallest absolute Gasteiger partial charge is 0.411 e. The van der Waals surface area contributed by atoms with Crippen LogP contribution >= 0.6 is 0 Å². The van der Waals surface area contributed by atoms with Gasteiger partial charge >= 0.3 is 12.1 Å². The normalized spacial score (nSPS) is 12.9. The Labute approximate surface area is 197 Å². The second-order valence-electron chi connectivity index (χ2n) is 8.39. The van der Waals surface area contributed by atoms with Gasteiger partial charge in [0.05, 0.1) is 12.8 Å². The van der Waals surface area contributed by atoms with Crippen molar-refractivity contribution in [1.82, 2.24) is 5.32 Å². The van der Waals surface area contributed by atoms with E-state index in [4.69, 9.17) is 9.84 Å². The molecule has 0 saturated heterocycles. The molecule has 7 nitrogen and oxygen atoms in total. The Bertz CT molecular complexity index is 1160. The number of hydrogen-bond donors (Lipinski definition) is 3. The molecule has 7 heteroatoms. The lowest BCUT2D eigenvalue weighted by molar-refractivity contribution is -0.137. The fourth-order valence-corrected chi connectivity index (χ4v) is 4.28. The van der Waals surface area contributed by atoms with Crippen molar-refractivity contribution in [3.63, 3.8) is 0 Å². The summed E-state index contributed by atoms with van der Waals surface area (Å²) in [5.74, 6) is -1.23. The summed E-state index contributed by atoms with van der Waals surface area (Å²) in [6, 6.07) is 22.7. The van der Waals surface area contributed by atoms with Gasteiger partial charge in [-0.3, -0.25) is 14.9 Å². The van der Waals surface area contributed by atoms with E-state index in [0.717, 1.165) is 16.7 Å². The molecule has 34 heavy (non-hydrogen) atoms. The third-order valence-electron chi connectivity index (χ3n) is 5.80. The third kappa shape index (κ3) is 5.43. The van der Waals surface area contributed by atoms with Gasteiger partial charge in [0.1, 0.15) is 6.61 Å². The molecule has 0 saturated carbocycles. The Morgan fingerprint density at radius 3 is 2.09 bits per heavy atom. The highest BCUT2D eigenvalue weighted by atomic mass is 16.5. The largest absolute Gasteiger partial charge is 0.481 e. The number of fused-ring (bicyclic) bond motifs is 3. The van der Waals surface area contributed by atoms with E-state index >= 15 is 0 Å². The van der Waals surface area contributed by atoms with Crippen LogP contribution in [-0.4, -0.2) is 35.7 Å². The molecule has 0 aromatic heterocycles. The fraction of sp³-hybridized carbons (Fsp3) is 0.222. The highest BCUT2D eigenvalue weighted by Gasteiger charge is 2.29. The number of carboxylic acids is 1. The molecule has 3 aromatic rings. The van der Waals surface area contributed by atoms with Crippen molar-refractivity contribution >= 4 is 23.7 Å². The summed E-state index contributed by atoms with van der Waals surface area (Å²) in [6.45, 7) is 1.88. The molecule has 0 unspecified atom stereocenters. The molecular formula is C27H26N2O5. The lowest BCUT2D eigenvalue weighted by Gasteiger charge is -2.15. The molecule has 1 atom stereocenters. The summed E-state index contributed by atoms with van der Waals surface area (Å²) in [7, 11) is 0. The number of amides is 2. The predicted molar refractivity (Wildman–Crippen MR) is 129 cm³/mol. The average Bonchev–Trinajstić information content (AvgIpc) is 3.12. The number of benzene rings is 3. The van der Waals surface area contributed by atoms with Crippen molar-refractivity contribution in [2.75, 3.05) is 11.9 Å². The van der Waals surface area contributed by atoms with Crippen molar-refractivity contribution < 1.29 is 24.2 Å². The number of anilines is 1. The molecule has 3 aromatic carbocycles. The number of carbonyl (C=O) groups excluding carboxylic acids is 2. The van der Waals surface area contributed by atoms with Gasteiger partial charge in [0.15, 0.2) is 0 Å². The Morgan fingerprint density at radius 1 is 0.912 bits per heavy atom. The van der Waals surface area contributed by atoms with E-state index in [1.54, 1.807) is 31.2 Å². The summed E-state index contributed by atoms with van der Waals surface area (Å²) >= 11 is 0. The van der Waals surface area contributed by atoms with E-state index in [0.29, 0.717) is 5.69 Å². The van der Waals surface area contributed by atoms with Gasteiger partial charge in [0, 0.05) is 17.6 Å². The number of carbonyl (C=O) groups is 3. The second-order valence-corrected chi connectivity index (χ2v) is 8.39. The van der Waals surface area contributed by atoms with E-state index < -0.39 is 18.1 Å². The number of rotatable bonds is 8. The number of ether oxygens (including phenoxy) is 1. The number of carboxylic acid groups (broad SMARTS) is 1. The van der Waals surface area contributed by atoms with E-state index in [1.807, 2.05) is 24.3 Å². The molecule has 2 amide bonds. The van der Waals surface area contributed by atoms with Gasteiger partial charge in [-0.2, -0.15) is 0 Å². The second kappa shape index (κ2) is 10.2. The molecule has 3 N–H and O–H groups in total. The molecule has 1 aliphatic rings. The minimum Gasteiger partial charge on any atom is -0.481 e. The van der Waals surface area contributed by atoms with Crippen LogP contribution in [0.4, 0.5) is 10.5 Å². The van der Waals surface area contributed by atoms with E-state index in [-0.39, 0.29) is 31.3 Å². The number of hydrogen-bond acceptors (Lipinski definition) is 4. The van der Waals surface area contributed by atoms with Crippen LogP contribution in [-0.2, 0) is 20.7 Å². The van der Waals surface area contributed by atoms with Gasteiger partial charge in [-0.25, -0.2) is 4.79 Å². The first-order chi connectivity index (χ1) is 16.4. The molecular weight excluding hydrogens is 432 g/mol. The highest BCUT2D eigenvalue weighted by Crippen LogP contribution is 2.44. The minimum atomic E-state index is -0.962. The van der Waals surface area contributed by atoms with Crippen LogP contribution in [0.3, 0.4) is 0 Å². The SMILES string of the molecule is C[C@@H](CC(=O)O)NC(=O)Cc1ccc(NC(=O)OCC2c3ccccc3-c3ccccc32)cc1. The van der Waals surface area contributed by atoms with E-state index in [9.17, 15) is 14.4 Å². The molecule has 0 bridgehead atoms. The van der Waals surface area contributed by atoms with Crippen molar-refractivity contribution in [3.05, 3.63) is 89.5 Å². The Kier molecular flexibility index (Phi) is 6.92. The van der Waals surface area contributed by atoms with Gasteiger partial charge in [-0.05, 0) is 46.9 Å². The van der Waals surface area contributed by atoms with Crippen LogP contribution in [0.15, 0.2) is 72.8 Å². The lowest BCUT2D eigenvalue weighted by atomic mass is 9.98. The van der Waals surface area contributed by atoms with E-state index in [1.165, 1.54) is 11.1 Å². The van der Waals surface area contributed by atoms with Crippen molar-refractivity contribution in [2.45, 2.75) is 31.7 Å². The van der Waals surface area contributed by atoms with Crippen LogP contribution in [0, 0.1) is 0 Å². The summed E-state index contributed by atoms with van der Waals surface area (Å²) in [4.78, 5) is 35.2. The van der Waals surface area contributed by atoms with Gasteiger partial charge in [0.2, 0.25) is 5.91 Å². The molecule has 4 rings (SSSR count). The molecule has 1 aliphatic carbocycles. The van der Waals surface area contributed by atoms with Gasteiger partial charge in [0.25, 0.3) is 0 Å². The quantitative estimate of drug-likeness (QED) is 0.459. The summed E-state index contributed by atoms with van der Waals surface area (Å²) < 4.78 is 5.55. The number of aliphatic carboxylic acids is 1. The van der Waals surface area contributed by atoms with Crippen molar-refractivity contribution in [3.8, 4) is 11.1 Å². The summed E-state index contributed by atoms with van der Waals surface area (Å²) in [5.41, 5.74) is 5.94. The first-order valence-corrected chi connectivity index (χ1v) is 11.1. The van der Waals surface area contributed by atoms with Crippen molar-refractivity contribution in [1.29, 1.82) is 0 Å². The third-order valence-corrected chi connectivity index (χ3v) is 5.80. The van der Waals surface area contributed by atoms with Crippen LogP contribution in [0.2, 0.25) is 0 Å². The van der Waals surface area contributed by atoms with Gasteiger partial charge in [-0.15, -0.1) is 0 Å². The summed E-state index contributed by atoms with van der Waals surface area (Å²) in [6.07, 6.45) is -0.556. The molecule has 174 valence electrons. The average molecular weight is 459 g/mol. The maximum absolute atomic E-state index is 12.4. The zero-order valence-electron chi connectivity index (χ0n) is 18.8. The van der Waals surface area contributed by atoms with Crippen molar-refractivity contribution in [2.24, 2.45) is 0 Å². The topological polar surface area (TPSA) is 105 Å². The molecule has 0 aliphatic heterocycles. The Morgan fingerprint density at radius 2 is 1.50 bits per heavy atom. The zero-order chi connectivity index (χ0) is 24.1. The van der Waals surface area contributed by atoms with Crippen LogP contribution in [0.5, 0.6) is 0 Å². The fourth-order valence-electron chi connectivity index (χ4n) is 4.28. The zero-order valence-corrected chi connectivity index (χ0v) is 18.8. The predicted octanol–water partition coefficient (Wildman–Crippen LogP) is 4.57. The van der Waals surface area contributed by atoms with E-state index in [2.05, 4.69) is 34.9 Å². The Hall–Kier alpha value is -4.13. The van der Waals surface area contributed by atoms with Crippen LogP contribution in [0.25, 0.3) is 11.1 Å². The van der Waals surface area contributed by atoms with Gasteiger partial charge in [-0.1, -0.05) is 60.7 Å². The number of nitrogens with one attached hydrogen (secondary N) is 2. The van der Waals surface area contributed by atoms with Crippen LogP contribution < -0.4 is 10.6 Å². The lowest BCUT2D eigenvalue weighted by Crippen LogP contribution is -2.35. The first kappa shape index (κ1) is 23.0.